The lowest BCUT2D eigenvalue weighted by Gasteiger charge is -2.24. The summed E-state index contributed by atoms with van der Waals surface area (Å²) in [5, 5.41) is 0. The Morgan fingerprint density at radius 3 is 2.29 bits per heavy atom. The first kappa shape index (κ1) is 11.0. The van der Waals surface area contributed by atoms with E-state index >= 15 is 0 Å². The second-order valence-electron chi connectivity index (χ2n) is 4.42. The second kappa shape index (κ2) is 3.98. The van der Waals surface area contributed by atoms with Gasteiger partial charge in [-0.2, -0.15) is 0 Å². The van der Waals surface area contributed by atoms with Gasteiger partial charge in [-0.1, -0.05) is 27.7 Å². The van der Waals surface area contributed by atoms with Gasteiger partial charge in [-0.25, -0.2) is 9.59 Å². The third kappa shape index (κ3) is 2.05. The molecule has 0 N–H and O–H groups in total. The maximum atomic E-state index is 11.3. The summed E-state index contributed by atoms with van der Waals surface area (Å²) in [5.74, 6) is 0.0352. The van der Waals surface area contributed by atoms with Crippen LogP contribution in [0.2, 0.25) is 0 Å². The van der Waals surface area contributed by atoms with Crippen molar-refractivity contribution in [2.75, 3.05) is 6.54 Å². The summed E-state index contributed by atoms with van der Waals surface area (Å²) in [4.78, 5) is 24.2. The van der Waals surface area contributed by atoms with E-state index < -0.39 is 18.1 Å². The average molecular weight is 199 g/mol. The lowest BCUT2D eigenvalue weighted by molar-refractivity contribution is -0.136. The molecule has 4 heteroatoms. The molecule has 0 aromatic carbocycles. The molecule has 0 spiro atoms. The van der Waals surface area contributed by atoms with Gasteiger partial charge in [0, 0.05) is 6.54 Å². The molecular weight excluding hydrogens is 182 g/mol. The molecule has 1 rings (SSSR count). The van der Waals surface area contributed by atoms with Crippen LogP contribution >= 0.6 is 0 Å². The summed E-state index contributed by atoms with van der Waals surface area (Å²) in [6.07, 6.45) is -0.498. The lowest BCUT2D eigenvalue weighted by Crippen LogP contribution is -2.40. The molecule has 1 fully saturated rings. The number of esters is 1. The topological polar surface area (TPSA) is 46.6 Å². The van der Waals surface area contributed by atoms with E-state index in [1.54, 1.807) is 0 Å². The minimum Gasteiger partial charge on any atom is -0.375 e. The molecule has 80 valence electrons. The van der Waals surface area contributed by atoms with Crippen molar-refractivity contribution in [1.82, 2.24) is 4.90 Å². The Morgan fingerprint density at radius 2 is 1.86 bits per heavy atom. The van der Waals surface area contributed by atoms with Gasteiger partial charge in [0.05, 0.1) is 0 Å². The predicted octanol–water partition coefficient (Wildman–Crippen LogP) is 1.65. The van der Waals surface area contributed by atoms with Gasteiger partial charge in [0.25, 0.3) is 0 Å². The molecular formula is C10H17NO3. The van der Waals surface area contributed by atoms with Crippen LogP contribution in [-0.2, 0) is 9.53 Å². The molecule has 1 aliphatic rings. The molecule has 0 aromatic rings. The predicted molar refractivity (Wildman–Crippen MR) is 51.7 cm³/mol. The largest absolute Gasteiger partial charge is 0.418 e. The van der Waals surface area contributed by atoms with Gasteiger partial charge in [0.15, 0.2) is 0 Å². The number of hydrogen-bond acceptors (Lipinski definition) is 3. The third-order valence-corrected chi connectivity index (χ3v) is 2.19. The molecule has 0 saturated carbocycles. The fourth-order valence-electron chi connectivity index (χ4n) is 1.66. The van der Waals surface area contributed by atoms with Gasteiger partial charge in [0.1, 0.15) is 6.04 Å². The van der Waals surface area contributed by atoms with Gasteiger partial charge in [0.2, 0.25) is 0 Å². The van der Waals surface area contributed by atoms with E-state index in [9.17, 15) is 9.59 Å². The molecule has 1 atom stereocenters. The molecule has 1 amide bonds. The zero-order valence-electron chi connectivity index (χ0n) is 9.11. The highest BCUT2D eigenvalue weighted by molar-refractivity contribution is 5.95. The lowest BCUT2D eigenvalue weighted by atomic mass is 10.0. The average Bonchev–Trinajstić information content (AvgIpc) is 2.25. The van der Waals surface area contributed by atoms with Crippen molar-refractivity contribution in [3.8, 4) is 0 Å². The number of carbonyl (C=O) groups is 2. The SMILES string of the molecule is CC(C)CN1C(=O)OC(=O)C1C(C)C. The summed E-state index contributed by atoms with van der Waals surface area (Å²) >= 11 is 0. The molecule has 0 aliphatic carbocycles. The van der Waals surface area contributed by atoms with E-state index in [1.165, 1.54) is 4.90 Å². The normalized spacial score (nSPS) is 22.4. The zero-order chi connectivity index (χ0) is 10.9. The Bertz CT molecular complexity index is 248. The van der Waals surface area contributed by atoms with Crippen LogP contribution in [0.25, 0.3) is 0 Å². The molecule has 1 saturated heterocycles. The molecule has 0 bridgehead atoms. The fourth-order valence-corrected chi connectivity index (χ4v) is 1.66. The highest BCUT2D eigenvalue weighted by Gasteiger charge is 2.42. The van der Waals surface area contributed by atoms with Crippen molar-refractivity contribution in [2.45, 2.75) is 33.7 Å². The molecule has 1 heterocycles. The Kier molecular flexibility index (Phi) is 3.13. The number of ether oxygens (including phenoxy) is 1. The highest BCUT2D eigenvalue weighted by atomic mass is 16.6. The maximum Gasteiger partial charge on any atom is 0.418 e. The van der Waals surface area contributed by atoms with Crippen molar-refractivity contribution in [2.24, 2.45) is 11.8 Å². The summed E-state index contributed by atoms with van der Waals surface area (Å²) in [5.41, 5.74) is 0. The Balaban J connectivity index is 2.78. The molecule has 0 aromatic heterocycles. The number of rotatable bonds is 3. The smallest absolute Gasteiger partial charge is 0.375 e. The van der Waals surface area contributed by atoms with Gasteiger partial charge in [-0.15, -0.1) is 0 Å². The summed E-state index contributed by atoms with van der Waals surface area (Å²) in [6.45, 7) is 8.42. The second-order valence-corrected chi connectivity index (χ2v) is 4.42. The van der Waals surface area contributed by atoms with Crippen molar-refractivity contribution in [3.63, 3.8) is 0 Å². The Morgan fingerprint density at radius 1 is 1.29 bits per heavy atom. The molecule has 1 aliphatic heterocycles. The van der Waals surface area contributed by atoms with E-state index in [1.807, 2.05) is 27.7 Å². The van der Waals surface area contributed by atoms with Crippen molar-refractivity contribution in [1.29, 1.82) is 0 Å². The standard InChI is InChI=1S/C10H17NO3/c1-6(2)5-11-8(7(3)4)9(12)14-10(11)13/h6-8H,5H2,1-4H3. The minimum absolute atomic E-state index is 0.104. The van der Waals surface area contributed by atoms with Crippen LogP contribution in [0.15, 0.2) is 0 Å². The number of nitrogens with zero attached hydrogens (tertiary/aromatic N) is 1. The van der Waals surface area contributed by atoms with E-state index in [-0.39, 0.29) is 5.92 Å². The van der Waals surface area contributed by atoms with Crippen molar-refractivity contribution >= 4 is 12.1 Å². The first-order valence-electron chi connectivity index (χ1n) is 4.95. The number of hydrogen-bond donors (Lipinski definition) is 0. The Labute approximate surface area is 84.2 Å². The molecule has 0 radical (unpaired) electrons. The fraction of sp³-hybridized carbons (Fsp3) is 0.800. The number of amides is 1. The van der Waals surface area contributed by atoms with E-state index in [0.717, 1.165) is 0 Å². The van der Waals surface area contributed by atoms with Gasteiger partial charge in [-0.3, -0.25) is 4.90 Å². The Hall–Kier alpha value is -1.06. The first-order valence-corrected chi connectivity index (χ1v) is 4.95. The van der Waals surface area contributed by atoms with E-state index in [2.05, 4.69) is 4.74 Å². The van der Waals surface area contributed by atoms with Crippen LogP contribution in [0, 0.1) is 11.8 Å². The van der Waals surface area contributed by atoms with E-state index in [4.69, 9.17) is 0 Å². The van der Waals surface area contributed by atoms with E-state index in [0.29, 0.717) is 12.5 Å². The zero-order valence-corrected chi connectivity index (χ0v) is 9.11. The van der Waals surface area contributed by atoms with Crippen molar-refractivity contribution in [3.05, 3.63) is 0 Å². The van der Waals surface area contributed by atoms with Crippen molar-refractivity contribution < 1.29 is 14.3 Å². The highest BCUT2D eigenvalue weighted by Crippen LogP contribution is 2.21. The first-order chi connectivity index (χ1) is 6.43. The van der Waals surface area contributed by atoms with Crippen LogP contribution in [0.5, 0.6) is 0 Å². The number of cyclic esters (lactones) is 2. The summed E-state index contributed by atoms with van der Waals surface area (Å²) < 4.78 is 4.60. The quantitative estimate of drug-likeness (QED) is 0.513. The summed E-state index contributed by atoms with van der Waals surface area (Å²) in [7, 11) is 0. The molecule has 4 nitrogen and oxygen atoms in total. The van der Waals surface area contributed by atoms with Crippen LogP contribution < -0.4 is 0 Å². The monoisotopic (exact) mass is 199 g/mol. The molecule has 14 heavy (non-hydrogen) atoms. The molecule has 1 unspecified atom stereocenters. The van der Waals surface area contributed by atoms with Crippen LogP contribution in [0.1, 0.15) is 27.7 Å². The van der Waals surface area contributed by atoms with Gasteiger partial charge >= 0.3 is 12.1 Å². The maximum absolute atomic E-state index is 11.3. The minimum atomic E-state index is -0.498. The number of carbonyl (C=O) groups excluding carboxylic acids is 2. The van der Waals surface area contributed by atoms with Crippen LogP contribution in [0.4, 0.5) is 4.79 Å². The summed E-state index contributed by atoms with van der Waals surface area (Å²) in [6, 6.07) is -0.398. The van der Waals surface area contributed by atoms with Gasteiger partial charge in [-0.05, 0) is 11.8 Å². The van der Waals surface area contributed by atoms with Crippen LogP contribution in [0.3, 0.4) is 0 Å². The van der Waals surface area contributed by atoms with Crippen LogP contribution in [-0.4, -0.2) is 29.5 Å². The van der Waals surface area contributed by atoms with Gasteiger partial charge < -0.3 is 4.74 Å². The third-order valence-electron chi connectivity index (χ3n) is 2.19.